The number of carbonyl (C=O) groups excluding carboxylic acids is 3. The van der Waals surface area contributed by atoms with Crippen LogP contribution in [0.4, 0.5) is 4.39 Å². The Morgan fingerprint density at radius 3 is 2.04 bits per heavy atom. The Hall–Kier alpha value is -1.66. The molecule has 0 aromatic heterocycles. The minimum absolute atomic E-state index is 0.372. The molecular formula is C16H25FO6. The lowest BCUT2D eigenvalue weighted by molar-refractivity contribution is -0.171. The molecule has 1 heterocycles. The van der Waals surface area contributed by atoms with Gasteiger partial charge in [0.05, 0.1) is 10.8 Å². The molecule has 0 radical (unpaired) electrons. The summed E-state index contributed by atoms with van der Waals surface area (Å²) in [4.78, 5) is 35.4. The van der Waals surface area contributed by atoms with E-state index < -0.39 is 46.6 Å². The van der Waals surface area contributed by atoms with Crippen molar-refractivity contribution in [1.82, 2.24) is 0 Å². The summed E-state index contributed by atoms with van der Waals surface area (Å²) in [6.45, 7) is 10.4. The lowest BCUT2D eigenvalue weighted by Gasteiger charge is -2.27. The Morgan fingerprint density at radius 1 is 1.13 bits per heavy atom. The van der Waals surface area contributed by atoms with E-state index in [2.05, 4.69) is 0 Å². The molecule has 1 aliphatic rings. The summed E-state index contributed by atoms with van der Waals surface area (Å²) in [5.41, 5.74) is -4.10. The quantitative estimate of drug-likeness (QED) is 0.582. The van der Waals surface area contributed by atoms with Gasteiger partial charge in [-0.15, -0.1) is 0 Å². The van der Waals surface area contributed by atoms with E-state index in [1.807, 2.05) is 0 Å². The summed E-state index contributed by atoms with van der Waals surface area (Å²) in [6, 6.07) is 0. The van der Waals surface area contributed by atoms with Gasteiger partial charge in [0, 0.05) is 0 Å². The molecule has 0 aromatic carbocycles. The van der Waals surface area contributed by atoms with Gasteiger partial charge in [0.15, 0.2) is 12.2 Å². The molecule has 0 N–H and O–H groups in total. The first kappa shape index (κ1) is 19.4. The molecule has 1 saturated heterocycles. The molecule has 0 saturated carbocycles. The topological polar surface area (TPSA) is 78.9 Å². The fourth-order valence-corrected chi connectivity index (χ4v) is 1.75. The molecule has 7 heteroatoms. The third kappa shape index (κ3) is 4.42. The highest BCUT2D eigenvalue weighted by molar-refractivity contribution is 5.84. The zero-order valence-corrected chi connectivity index (χ0v) is 14.7. The van der Waals surface area contributed by atoms with Crippen LogP contribution in [0.3, 0.4) is 0 Å². The van der Waals surface area contributed by atoms with Gasteiger partial charge in [-0.05, 0) is 48.5 Å². The van der Waals surface area contributed by atoms with E-state index in [1.165, 1.54) is 0 Å². The van der Waals surface area contributed by atoms with Gasteiger partial charge in [0.1, 0.15) is 6.61 Å². The Labute approximate surface area is 135 Å². The van der Waals surface area contributed by atoms with Gasteiger partial charge in [-0.2, -0.15) is 0 Å². The van der Waals surface area contributed by atoms with Crippen LogP contribution in [0, 0.1) is 10.8 Å². The summed E-state index contributed by atoms with van der Waals surface area (Å²) in [7, 11) is 0. The van der Waals surface area contributed by atoms with Gasteiger partial charge >= 0.3 is 17.9 Å². The average molecular weight is 332 g/mol. The van der Waals surface area contributed by atoms with Crippen molar-refractivity contribution in [3.8, 4) is 0 Å². The first-order chi connectivity index (χ1) is 10.2. The van der Waals surface area contributed by atoms with Crippen LogP contribution < -0.4 is 0 Å². The van der Waals surface area contributed by atoms with Gasteiger partial charge in [-0.3, -0.25) is 9.59 Å². The molecule has 3 atom stereocenters. The Kier molecular flexibility index (Phi) is 5.13. The second-order valence-corrected chi connectivity index (χ2v) is 7.94. The van der Waals surface area contributed by atoms with Crippen molar-refractivity contribution in [3.05, 3.63) is 0 Å². The molecule has 0 bridgehead atoms. The van der Waals surface area contributed by atoms with E-state index in [4.69, 9.17) is 14.2 Å². The number of halogens is 1. The summed E-state index contributed by atoms with van der Waals surface area (Å²) in [5.74, 6) is -2.33. The maximum atomic E-state index is 14.5. The van der Waals surface area contributed by atoms with Crippen LogP contribution in [0.5, 0.6) is 0 Å². The standard InChI is InChI=1S/C16H25FO6/c1-14(2,3)11(18)21-8-9-10(16(7,17)13(20)22-9)23-12(19)15(4,5)6/h9-10H,8H2,1-7H3/t9-,10-,16?/m1/s1. The fraction of sp³-hybridized carbons (Fsp3) is 0.812. The van der Waals surface area contributed by atoms with E-state index in [9.17, 15) is 18.8 Å². The number of cyclic esters (lactones) is 1. The van der Waals surface area contributed by atoms with Crippen molar-refractivity contribution in [2.45, 2.75) is 66.3 Å². The molecule has 132 valence electrons. The van der Waals surface area contributed by atoms with Crippen LogP contribution in [-0.4, -0.2) is 42.4 Å². The molecular weight excluding hydrogens is 307 g/mol. The minimum Gasteiger partial charge on any atom is -0.461 e. The number of esters is 3. The van der Waals surface area contributed by atoms with Crippen molar-refractivity contribution in [3.63, 3.8) is 0 Å². The van der Waals surface area contributed by atoms with Gasteiger partial charge in [0.25, 0.3) is 0 Å². The molecule has 0 amide bonds. The van der Waals surface area contributed by atoms with Gasteiger partial charge in [0.2, 0.25) is 5.67 Å². The molecule has 0 spiro atoms. The van der Waals surface area contributed by atoms with E-state index in [0.717, 1.165) is 6.92 Å². The monoisotopic (exact) mass is 332 g/mol. The first-order valence-electron chi connectivity index (χ1n) is 7.45. The highest BCUT2D eigenvalue weighted by Crippen LogP contribution is 2.34. The summed E-state index contributed by atoms with van der Waals surface area (Å²) in [6.07, 6.45) is -2.63. The van der Waals surface area contributed by atoms with Crippen LogP contribution >= 0.6 is 0 Å². The SMILES string of the molecule is CC(C)(C)C(=O)OC[C@H]1OC(=O)C(C)(F)[C@@H]1OC(=O)C(C)(C)C. The van der Waals surface area contributed by atoms with Crippen LogP contribution in [0.1, 0.15) is 48.5 Å². The average Bonchev–Trinajstić information content (AvgIpc) is 2.57. The Bertz CT molecular complexity index is 498. The van der Waals surface area contributed by atoms with Crippen LogP contribution in [0.15, 0.2) is 0 Å². The summed E-state index contributed by atoms with van der Waals surface area (Å²) < 4.78 is 29.6. The van der Waals surface area contributed by atoms with Crippen molar-refractivity contribution in [2.75, 3.05) is 6.61 Å². The molecule has 1 fully saturated rings. The van der Waals surface area contributed by atoms with E-state index in [1.54, 1.807) is 41.5 Å². The molecule has 1 unspecified atom stereocenters. The van der Waals surface area contributed by atoms with Gasteiger partial charge < -0.3 is 14.2 Å². The molecule has 0 aliphatic carbocycles. The lowest BCUT2D eigenvalue weighted by Crippen LogP contribution is -2.46. The molecule has 1 aliphatic heterocycles. The number of alkyl halides is 1. The van der Waals surface area contributed by atoms with Crippen LogP contribution in [0.25, 0.3) is 0 Å². The van der Waals surface area contributed by atoms with Crippen molar-refractivity contribution >= 4 is 17.9 Å². The minimum atomic E-state index is -2.49. The normalized spacial score (nSPS) is 28.3. The fourth-order valence-electron chi connectivity index (χ4n) is 1.75. The third-order valence-corrected chi connectivity index (χ3v) is 3.37. The largest absolute Gasteiger partial charge is 0.461 e. The zero-order valence-electron chi connectivity index (χ0n) is 14.7. The second-order valence-electron chi connectivity index (χ2n) is 7.94. The lowest BCUT2D eigenvalue weighted by atomic mass is 9.95. The predicted octanol–water partition coefficient (Wildman–Crippen LogP) is 2.19. The maximum Gasteiger partial charge on any atom is 0.348 e. The highest BCUT2D eigenvalue weighted by atomic mass is 19.1. The van der Waals surface area contributed by atoms with E-state index in [0.29, 0.717) is 0 Å². The van der Waals surface area contributed by atoms with Gasteiger partial charge in [-0.1, -0.05) is 0 Å². The Morgan fingerprint density at radius 2 is 1.61 bits per heavy atom. The number of ether oxygens (including phenoxy) is 3. The first-order valence-corrected chi connectivity index (χ1v) is 7.45. The third-order valence-electron chi connectivity index (χ3n) is 3.37. The second kappa shape index (κ2) is 6.09. The molecule has 23 heavy (non-hydrogen) atoms. The number of hydrogen-bond acceptors (Lipinski definition) is 6. The van der Waals surface area contributed by atoms with Crippen LogP contribution in [-0.2, 0) is 28.6 Å². The molecule has 1 rings (SSSR count). The predicted molar refractivity (Wildman–Crippen MR) is 79.1 cm³/mol. The van der Waals surface area contributed by atoms with Crippen molar-refractivity contribution in [2.24, 2.45) is 10.8 Å². The number of rotatable bonds is 3. The van der Waals surface area contributed by atoms with Gasteiger partial charge in [-0.25, -0.2) is 9.18 Å². The molecule has 0 aromatic rings. The number of carbonyl (C=O) groups is 3. The maximum absolute atomic E-state index is 14.5. The van der Waals surface area contributed by atoms with E-state index in [-0.39, 0.29) is 6.61 Å². The smallest absolute Gasteiger partial charge is 0.348 e. The van der Waals surface area contributed by atoms with Crippen molar-refractivity contribution in [1.29, 1.82) is 0 Å². The van der Waals surface area contributed by atoms with Crippen LogP contribution in [0.2, 0.25) is 0 Å². The molecule has 6 nitrogen and oxygen atoms in total. The summed E-state index contributed by atoms with van der Waals surface area (Å²) >= 11 is 0. The Balaban J connectivity index is 2.87. The zero-order chi connectivity index (χ0) is 18.2. The number of hydrogen-bond donors (Lipinski definition) is 0. The highest BCUT2D eigenvalue weighted by Gasteiger charge is 2.58. The van der Waals surface area contributed by atoms with Crippen molar-refractivity contribution < 1.29 is 33.0 Å². The van der Waals surface area contributed by atoms with E-state index >= 15 is 0 Å². The summed E-state index contributed by atoms with van der Waals surface area (Å²) in [5, 5.41) is 0.